The number of rotatable bonds is 2. The van der Waals surface area contributed by atoms with Crippen LogP contribution in [0, 0.1) is 0 Å². The molecule has 92 valence electrons. The molecule has 0 bridgehead atoms. The summed E-state index contributed by atoms with van der Waals surface area (Å²) >= 11 is 21.8. The van der Waals surface area contributed by atoms with Crippen LogP contribution in [0.15, 0.2) is 29.3 Å². The van der Waals surface area contributed by atoms with Gasteiger partial charge in [-0.3, -0.25) is 4.79 Å². The minimum atomic E-state index is -2.08. The smallest absolute Gasteiger partial charge is 0.299 e. The Balaban J connectivity index is 2.72. The maximum absolute atomic E-state index is 11.2. The fourth-order valence-electron chi connectivity index (χ4n) is 1.04. The zero-order valence-corrected chi connectivity index (χ0v) is 11.5. The molecule has 0 heterocycles. The summed E-state index contributed by atoms with van der Waals surface area (Å²) in [5.74, 6) is -0.836. The van der Waals surface area contributed by atoms with Crippen molar-refractivity contribution < 1.29 is 4.79 Å². The van der Waals surface area contributed by atoms with Gasteiger partial charge >= 0.3 is 0 Å². The number of hydrogen-bond donors (Lipinski definition) is 1. The molecule has 0 saturated heterocycles. The quantitative estimate of drug-likeness (QED) is 0.518. The van der Waals surface area contributed by atoms with Crippen LogP contribution in [-0.4, -0.2) is 15.5 Å². The second-order valence-corrected chi connectivity index (χ2v) is 5.93. The summed E-state index contributed by atoms with van der Waals surface area (Å²) in [6.45, 7) is 0. The first-order valence-electron chi connectivity index (χ1n) is 4.47. The normalized spacial score (nSPS) is 12.6. The number of amides is 1. The number of carbonyl (C=O) groups is 1. The molecular formula is C10H8Cl4N2O. The lowest BCUT2D eigenvalue weighted by molar-refractivity contribution is -0.116. The van der Waals surface area contributed by atoms with Crippen molar-refractivity contribution in [1.29, 1.82) is 0 Å². The molecule has 3 nitrogen and oxygen atoms in total. The number of alkyl halides is 3. The Labute approximate surface area is 119 Å². The number of hydrogen-bond acceptors (Lipinski definition) is 1. The Bertz CT molecular complexity index is 437. The molecule has 1 amide bonds. The zero-order valence-electron chi connectivity index (χ0n) is 8.46. The molecule has 0 unspecified atom stereocenters. The molecule has 0 radical (unpaired) electrons. The highest BCUT2D eigenvalue weighted by Crippen LogP contribution is 2.27. The van der Waals surface area contributed by atoms with Crippen LogP contribution in [0.2, 0.25) is 5.02 Å². The predicted octanol–water partition coefficient (Wildman–Crippen LogP) is 3.14. The Kier molecular flexibility index (Phi) is 5.07. The second-order valence-electron chi connectivity index (χ2n) is 3.21. The van der Waals surface area contributed by atoms with Gasteiger partial charge in [0, 0.05) is 11.4 Å². The minimum absolute atomic E-state index is 0.0728. The van der Waals surface area contributed by atoms with Crippen LogP contribution in [-0.2, 0) is 11.2 Å². The van der Waals surface area contributed by atoms with Crippen LogP contribution >= 0.6 is 46.4 Å². The third kappa shape index (κ3) is 5.13. The summed E-state index contributed by atoms with van der Waals surface area (Å²) in [5.41, 5.74) is 6.42. The summed E-state index contributed by atoms with van der Waals surface area (Å²) in [6, 6.07) is 6.96. The standard InChI is InChI=1S/C10H8Cl4N2O/c11-7-3-1-6(2-4-7)5-8(15)16-9(17)10(12,13)14/h1-4H,5H2,(H2,15,16,17). The minimum Gasteiger partial charge on any atom is -0.387 e. The van der Waals surface area contributed by atoms with Crippen LogP contribution in [0.3, 0.4) is 0 Å². The van der Waals surface area contributed by atoms with E-state index in [1.165, 1.54) is 0 Å². The lowest BCUT2D eigenvalue weighted by Gasteiger charge is -2.06. The molecule has 1 rings (SSSR count). The lowest BCUT2D eigenvalue weighted by atomic mass is 10.1. The van der Waals surface area contributed by atoms with Gasteiger partial charge in [-0.25, -0.2) is 0 Å². The first-order valence-corrected chi connectivity index (χ1v) is 5.99. The molecule has 0 aliphatic rings. The van der Waals surface area contributed by atoms with Crippen LogP contribution in [0.5, 0.6) is 0 Å². The van der Waals surface area contributed by atoms with Gasteiger partial charge in [0.15, 0.2) is 0 Å². The zero-order chi connectivity index (χ0) is 13.1. The van der Waals surface area contributed by atoms with E-state index >= 15 is 0 Å². The van der Waals surface area contributed by atoms with Crippen LogP contribution in [0.25, 0.3) is 0 Å². The number of halogens is 4. The van der Waals surface area contributed by atoms with E-state index in [4.69, 9.17) is 52.1 Å². The van der Waals surface area contributed by atoms with Crippen LogP contribution < -0.4 is 5.73 Å². The largest absolute Gasteiger partial charge is 0.387 e. The molecule has 0 aromatic heterocycles. The van der Waals surface area contributed by atoms with Crippen LogP contribution in [0.1, 0.15) is 5.56 Å². The van der Waals surface area contributed by atoms with Crippen molar-refractivity contribution in [2.24, 2.45) is 10.7 Å². The van der Waals surface area contributed by atoms with E-state index in [1.54, 1.807) is 24.3 Å². The van der Waals surface area contributed by atoms with Gasteiger partial charge in [-0.2, -0.15) is 4.99 Å². The van der Waals surface area contributed by atoms with Crippen molar-refractivity contribution >= 4 is 58.1 Å². The summed E-state index contributed by atoms with van der Waals surface area (Å²) in [7, 11) is 0. The molecule has 0 fully saturated rings. The van der Waals surface area contributed by atoms with Crippen molar-refractivity contribution in [2.45, 2.75) is 10.2 Å². The number of amidine groups is 1. The molecule has 0 spiro atoms. The van der Waals surface area contributed by atoms with Gasteiger partial charge < -0.3 is 5.73 Å². The van der Waals surface area contributed by atoms with Gasteiger partial charge in [0.2, 0.25) is 0 Å². The van der Waals surface area contributed by atoms with E-state index in [2.05, 4.69) is 4.99 Å². The van der Waals surface area contributed by atoms with E-state index in [0.29, 0.717) is 5.02 Å². The summed E-state index contributed by atoms with van der Waals surface area (Å²) in [6.07, 6.45) is 0.281. The fraction of sp³-hybridized carbons (Fsp3) is 0.200. The highest BCUT2D eigenvalue weighted by Gasteiger charge is 2.30. The van der Waals surface area contributed by atoms with Crippen molar-refractivity contribution in [3.8, 4) is 0 Å². The first-order chi connectivity index (χ1) is 7.79. The summed E-state index contributed by atoms with van der Waals surface area (Å²) in [4.78, 5) is 14.7. The second kappa shape index (κ2) is 5.91. The maximum Gasteiger partial charge on any atom is 0.299 e. The van der Waals surface area contributed by atoms with E-state index in [9.17, 15) is 4.79 Å². The fourth-order valence-corrected chi connectivity index (χ4v) is 1.30. The summed E-state index contributed by atoms with van der Waals surface area (Å²) < 4.78 is -2.08. The van der Waals surface area contributed by atoms with Crippen molar-refractivity contribution in [2.75, 3.05) is 0 Å². The summed E-state index contributed by atoms with van der Waals surface area (Å²) in [5, 5.41) is 0.613. The number of nitrogens with two attached hydrogens (primary N) is 1. The Morgan fingerprint density at radius 3 is 2.24 bits per heavy atom. The van der Waals surface area contributed by atoms with Crippen molar-refractivity contribution in [3.05, 3.63) is 34.9 Å². The molecule has 1 aromatic rings. The molecule has 0 aliphatic heterocycles. The highest BCUT2D eigenvalue weighted by molar-refractivity contribution is 6.76. The monoisotopic (exact) mass is 312 g/mol. The highest BCUT2D eigenvalue weighted by atomic mass is 35.6. The van der Waals surface area contributed by atoms with E-state index in [-0.39, 0.29) is 12.3 Å². The molecule has 0 saturated carbocycles. The molecule has 7 heteroatoms. The molecular weight excluding hydrogens is 306 g/mol. The van der Waals surface area contributed by atoms with Gasteiger partial charge in [0.1, 0.15) is 5.84 Å². The average molecular weight is 314 g/mol. The Morgan fingerprint density at radius 1 is 1.24 bits per heavy atom. The Hall–Kier alpha value is -0.480. The topological polar surface area (TPSA) is 55.4 Å². The SMILES string of the molecule is NC(Cc1ccc(Cl)cc1)=NC(=O)C(Cl)(Cl)Cl. The third-order valence-corrected chi connectivity index (χ3v) is 2.52. The van der Waals surface area contributed by atoms with Crippen LogP contribution in [0.4, 0.5) is 0 Å². The molecule has 17 heavy (non-hydrogen) atoms. The van der Waals surface area contributed by atoms with Gasteiger partial charge in [-0.15, -0.1) is 0 Å². The molecule has 0 aliphatic carbocycles. The number of aliphatic imine (C=N–C) groups is 1. The van der Waals surface area contributed by atoms with Gasteiger partial charge in [-0.1, -0.05) is 58.5 Å². The molecule has 0 atom stereocenters. The predicted molar refractivity (Wildman–Crippen MR) is 72.1 cm³/mol. The number of nitrogens with zero attached hydrogens (tertiary/aromatic N) is 1. The van der Waals surface area contributed by atoms with Gasteiger partial charge in [0.05, 0.1) is 0 Å². The Morgan fingerprint density at radius 2 is 1.76 bits per heavy atom. The van der Waals surface area contributed by atoms with E-state index < -0.39 is 9.70 Å². The number of benzene rings is 1. The third-order valence-electron chi connectivity index (χ3n) is 1.79. The lowest BCUT2D eigenvalue weighted by Crippen LogP contribution is -2.23. The molecule has 2 N–H and O–H groups in total. The molecule has 1 aromatic carbocycles. The maximum atomic E-state index is 11.2. The van der Waals surface area contributed by atoms with Crippen molar-refractivity contribution in [1.82, 2.24) is 0 Å². The first kappa shape index (κ1) is 14.6. The van der Waals surface area contributed by atoms with E-state index in [1.807, 2.05) is 0 Å². The number of carbonyl (C=O) groups excluding carboxylic acids is 1. The van der Waals surface area contributed by atoms with Crippen molar-refractivity contribution in [3.63, 3.8) is 0 Å². The van der Waals surface area contributed by atoms with Gasteiger partial charge in [0.25, 0.3) is 9.70 Å². The van der Waals surface area contributed by atoms with Gasteiger partial charge in [-0.05, 0) is 17.7 Å². The average Bonchev–Trinajstić information content (AvgIpc) is 2.20. The van der Waals surface area contributed by atoms with E-state index in [0.717, 1.165) is 5.56 Å².